The summed E-state index contributed by atoms with van der Waals surface area (Å²) in [6, 6.07) is 4.45. The van der Waals surface area contributed by atoms with Gasteiger partial charge in [-0.15, -0.1) is 0 Å². The van der Waals surface area contributed by atoms with Gasteiger partial charge in [-0.3, -0.25) is 0 Å². The second-order valence-electron chi connectivity index (χ2n) is 3.80. The van der Waals surface area contributed by atoms with Gasteiger partial charge in [0.25, 0.3) is 5.89 Å². The standard InChI is InChI=1S/C12H14FN3OS/c1-2-5-18-7-11-15-12(17-16-11)8-3-4-10(14)9(13)6-8/h3-4,6H,2,5,7,14H2,1H3. The fraction of sp³-hybridized carbons (Fsp3) is 0.333. The molecule has 0 fully saturated rings. The molecular weight excluding hydrogens is 253 g/mol. The number of aromatic nitrogens is 2. The predicted octanol–water partition coefficient (Wildman–Crippen LogP) is 3.10. The Balaban J connectivity index is 2.11. The van der Waals surface area contributed by atoms with Crippen LogP contribution in [0.25, 0.3) is 11.5 Å². The van der Waals surface area contributed by atoms with Crippen molar-refractivity contribution in [3.63, 3.8) is 0 Å². The Morgan fingerprint density at radius 2 is 2.28 bits per heavy atom. The number of nitrogens with two attached hydrogens (primary N) is 1. The lowest BCUT2D eigenvalue weighted by molar-refractivity contribution is 0.425. The maximum atomic E-state index is 13.3. The van der Waals surface area contributed by atoms with Crippen molar-refractivity contribution in [2.24, 2.45) is 0 Å². The van der Waals surface area contributed by atoms with Crippen LogP contribution in [0.4, 0.5) is 10.1 Å². The van der Waals surface area contributed by atoms with Gasteiger partial charge in [0.1, 0.15) is 5.82 Å². The third-order valence-electron chi connectivity index (χ3n) is 2.30. The van der Waals surface area contributed by atoms with Crippen LogP contribution in [0.2, 0.25) is 0 Å². The summed E-state index contributed by atoms with van der Waals surface area (Å²) in [5, 5.41) is 3.86. The van der Waals surface area contributed by atoms with Gasteiger partial charge in [-0.05, 0) is 30.4 Å². The van der Waals surface area contributed by atoms with E-state index in [1.54, 1.807) is 17.8 Å². The van der Waals surface area contributed by atoms with Gasteiger partial charge in [-0.1, -0.05) is 12.1 Å². The Hall–Kier alpha value is -1.56. The number of halogens is 1. The Kier molecular flexibility index (Phi) is 4.19. The van der Waals surface area contributed by atoms with Crippen LogP contribution < -0.4 is 5.73 Å². The van der Waals surface area contributed by atoms with E-state index in [-0.39, 0.29) is 5.69 Å². The van der Waals surface area contributed by atoms with E-state index < -0.39 is 5.82 Å². The van der Waals surface area contributed by atoms with Crippen molar-refractivity contribution >= 4 is 17.4 Å². The molecule has 1 heterocycles. The summed E-state index contributed by atoms with van der Waals surface area (Å²) < 4.78 is 18.4. The molecule has 0 amide bonds. The van der Waals surface area contributed by atoms with Crippen molar-refractivity contribution in [1.29, 1.82) is 0 Å². The number of thioether (sulfide) groups is 1. The Labute approximate surface area is 109 Å². The summed E-state index contributed by atoms with van der Waals surface area (Å²) in [6.07, 6.45) is 1.11. The molecule has 0 saturated carbocycles. The van der Waals surface area contributed by atoms with Gasteiger partial charge < -0.3 is 10.3 Å². The Bertz CT molecular complexity index is 530. The number of nitrogen functional groups attached to an aromatic ring is 1. The molecule has 0 atom stereocenters. The van der Waals surface area contributed by atoms with Crippen LogP contribution in [0.5, 0.6) is 0 Å². The van der Waals surface area contributed by atoms with E-state index in [1.807, 2.05) is 0 Å². The first-order valence-corrected chi connectivity index (χ1v) is 6.82. The molecule has 2 aromatic rings. The van der Waals surface area contributed by atoms with Crippen LogP contribution in [0.1, 0.15) is 19.2 Å². The zero-order chi connectivity index (χ0) is 13.0. The van der Waals surface area contributed by atoms with Crippen LogP contribution in [-0.2, 0) is 5.75 Å². The first-order chi connectivity index (χ1) is 8.70. The number of benzene rings is 1. The minimum absolute atomic E-state index is 0.108. The Morgan fingerprint density at radius 3 is 3.00 bits per heavy atom. The number of nitrogens with zero attached hydrogens (tertiary/aromatic N) is 2. The zero-order valence-corrected chi connectivity index (χ0v) is 10.8. The molecule has 96 valence electrons. The largest absolute Gasteiger partial charge is 0.396 e. The van der Waals surface area contributed by atoms with Crippen molar-refractivity contribution in [2.45, 2.75) is 19.1 Å². The van der Waals surface area contributed by atoms with Crippen molar-refractivity contribution < 1.29 is 8.91 Å². The topological polar surface area (TPSA) is 64.9 Å². The van der Waals surface area contributed by atoms with E-state index >= 15 is 0 Å². The summed E-state index contributed by atoms with van der Waals surface area (Å²) in [5.74, 6) is 2.23. The minimum atomic E-state index is -0.479. The molecule has 0 radical (unpaired) electrons. The van der Waals surface area contributed by atoms with Crippen LogP contribution in [0, 0.1) is 5.82 Å². The van der Waals surface area contributed by atoms with E-state index in [9.17, 15) is 4.39 Å². The average molecular weight is 267 g/mol. The number of hydrogen-bond donors (Lipinski definition) is 1. The van der Waals surface area contributed by atoms with Gasteiger partial charge >= 0.3 is 0 Å². The maximum Gasteiger partial charge on any atom is 0.258 e. The summed E-state index contributed by atoms with van der Waals surface area (Å²) in [4.78, 5) is 4.22. The molecule has 6 heteroatoms. The number of hydrogen-bond acceptors (Lipinski definition) is 5. The van der Waals surface area contributed by atoms with Crippen LogP contribution in [-0.4, -0.2) is 15.9 Å². The Morgan fingerprint density at radius 1 is 1.44 bits per heavy atom. The lowest BCUT2D eigenvalue weighted by Crippen LogP contribution is -1.90. The highest BCUT2D eigenvalue weighted by Crippen LogP contribution is 2.22. The normalized spacial score (nSPS) is 10.8. The van der Waals surface area contributed by atoms with E-state index in [1.165, 1.54) is 12.1 Å². The van der Waals surface area contributed by atoms with E-state index in [2.05, 4.69) is 17.1 Å². The summed E-state index contributed by atoms with van der Waals surface area (Å²) in [5.41, 5.74) is 6.06. The molecule has 0 bridgehead atoms. The minimum Gasteiger partial charge on any atom is -0.396 e. The lowest BCUT2D eigenvalue weighted by Gasteiger charge is -1.97. The van der Waals surface area contributed by atoms with Gasteiger partial charge in [0.05, 0.1) is 11.4 Å². The van der Waals surface area contributed by atoms with E-state index in [4.69, 9.17) is 10.3 Å². The molecule has 0 aliphatic heterocycles. The molecule has 1 aromatic carbocycles. The third-order valence-corrected chi connectivity index (χ3v) is 3.45. The molecule has 2 rings (SSSR count). The number of rotatable bonds is 5. The van der Waals surface area contributed by atoms with Gasteiger partial charge in [0.2, 0.25) is 0 Å². The molecule has 0 aliphatic carbocycles. The molecular formula is C12H14FN3OS. The first kappa shape index (κ1) is 12.9. The number of anilines is 1. The quantitative estimate of drug-likeness (QED) is 0.666. The second-order valence-corrected chi connectivity index (χ2v) is 4.91. The van der Waals surface area contributed by atoms with Crippen LogP contribution in [0.15, 0.2) is 22.7 Å². The van der Waals surface area contributed by atoms with Crippen molar-refractivity contribution in [2.75, 3.05) is 11.5 Å². The summed E-state index contributed by atoms with van der Waals surface area (Å²) >= 11 is 1.74. The fourth-order valence-corrected chi connectivity index (χ4v) is 2.13. The molecule has 0 spiro atoms. The molecule has 1 aromatic heterocycles. The van der Waals surface area contributed by atoms with Gasteiger partial charge in [-0.25, -0.2) is 4.39 Å². The van der Waals surface area contributed by atoms with Crippen LogP contribution in [0.3, 0.4) is 0 Å². The molecule has 0 unspecified atom stereocenters. The third kappa shape index (κ3) is 3.01. The highest BCUT2D eigenvalue weighted by atomic mass is 32.2. The highest BCUT2D eigenvalue weighted by molar-refractivity contribution is 7.98. The predicted molar refractivity (Wildman–Crippen MR) is 70.6 cm³/mol. The van der Waals surface area contributed by atoms with Crippen LogP contribution >= 0.6 is 11.8 Å². The second kappa shape index (κ2) is 5.86. The SMILES string of the molecule is CCCSCc1noc(-c2ccc(N)c(F)c2)n1. The summed E-state index contributed by atoms with van der Waals surface area (Å²) in [7, 11) is 0. The van der Waals surface area contributed by atoms with E-state index in [0.29, 0.717) is 23.0 Å². The summed E-state index contributed by atoms with van der Waals surface area (Å²) in [6.45, 7) is 2.12. The first-order valence-electron chi connectivity index (χ1n) is 5.66. The van der Waals surface area contributed by atoms with Crippen molar-refractivity contribution in [3.05, 3.63) is 29.8 Å². The molecule has 2 N–H and O–H groups in total. The zero-order valence-electron chi connectivity index (χ0n) is 10.0. The van der Waals surface area contributed by atoms with Crippen molar-refractivity contribution in [1.82, 2.24) is 10.1 Å². The van der Waals surface area contributed by atoms with Gasteiger partial charge in [0.15, 0.2) is 5.82 Å². The molecule has 0 saturated heterocycles. The maximum absolute atomic E-state index is 13.3. The smallest absolute Gasteiger partial charge is 0.258 e. The van der Waals surface area contributed by atoms with E-state index in [0.717, 1.165) is 12.2 Å². The monoisotopic (exact) mass is 267 g/mol. The average Bonchev–Trinajstić information content (AvgIpc) is 2.82. The van der Waals surface area contributed by atoms with Gasteiger partial charge in [0, 0.05) is 5.56 Å². The fourth-order valence-electron chi connectivity index (χ4n) is 1.40. The van der Waals surface area contributed by atoms with Gasteiger partial charge in [-0.2, -0.15) is 16.7 Å². The highest BCUT2D eigenvalue weighted by Gasteiger charge is 2.10. The lowest BCUT2D eigenvalue weighted by atomic mass is 10.2. The van der Waals surface area contributed by atoms with Crippen molar-refractivity contribution in [3.8, 4) is 11.5 Å². The molecule has 18 heavy (non-hydrogen) atoms. The molecule has 0 aliphatic rings. The molecule has 4 nitrogen and oxygen atoms in total.